The maximum absolute atomic E-state index is 11.3. The first-order valence-corrected chi connectivity index (χ1v) is 7.10. The lowest BCUT2D eigenvalue weighted by Gasteiger charge is -2.27. The van der Waals surface area contributed by atoms with Gasteiger partial charge in [0.05, 0.1) is 0 Å². The molecule has 0 N–H and O–H groups in total. The molecule has 0 amide bonds. The van der Waals surface area contributed by atoms with Gasteiger partial charge in [-0.15, -0.1) is 6.42 Å². The van der Waals surface area contributed by atoms with Gasteiger partial charge in [0.1, 0.15) is 11.5 Å². The van der Waals surface area contributed by atoms with Gasteiger partial charge in [0.2, 0.25) is 0 Å². The molecule has 0 aliphatic heterocycles. The highest BCUT2D eigenvalue weighted by atomic mass is 16.6. The van der Waals surface area contributed by atoms with E-state index in [1.807, 2.05) is 61.5 Å². The third-order valence-corrected chi connectivity index (χ3v) is 3.35. The van der Waals surface area contributed by atoms with E-state index >= 15 is 0 Å². The zero-order valence-electron chi connectivity index (χ0n) is 12.7. The number of esters is 1. The molecule has 1 atom stereocenters. The Morgan fingerprint density at radius 3 is 2.18 bits per heavy atom. The molecule has 0 aliphatic rings. The molecule has 0 radical (unpaired) electrons. The number of para-hydroxylation sites is 1. The van der Waals surface area contributed by atoms with Crippen LogP contribution in [0.4, 0.5) is 0 Å². The van der Waals surface area contributed by atoms with Crippen molar-refractivity contribution in [2.45, 2.75) is 25.9 Å². The number of terminal acetylenes is 1. The van der Waals surface area contributed by atoms with Crippen molar-refractivity contribution in [1.82, 2.24) is 0 Å². The molecule has 112 valence electrons. The average Bonchev–Trinajstić information content (AvgIpc) is 2.54. The lowest BCUT2D eigenvalue weighted by Crippen LogP contribution is -2.29. The van der Waals surface area contributed by atoms with Crippen molar-refractivity contribution in [1.29, 1.82) is 0 Å². The maximum Gasteiger partial charge on any atom is 0.304 e. The molecule has 3 nitrogen and oxygen atoms in total. The van der Waals surface area contributed by atoms with Crippen LogP contribution < -0.4 is 4.74 Å². The van der Waals surface area contributed by atoms with E-state index in [0.717, 1.165) is 11.3 Å². The molecule has 0 bridgehead atoms. The Bertz CT molecular complexity index is 668. The lowest BCUT2D eigenvalue weighted by atomic mass is 9.91. The number of ether oxygens (including phenoxy) is 2. The zero-order chi connectivity index (χ0) is 16.0. The molecule has 0 saturated heterocycles. The third kappa shape index (κ3) is 3.48. The molecule has 22 heavy (non-hydrogen) atoms. The van der Waals surface area contributed by atoms with E-state index in [9.17, 15) is 4.79 Å². The predicted octanol–water partition coefficient (Wildman–Crippen LogP) is 4.28. The molecule has 0 saturated carbocycles. The van der Waals surface area contributed by atoms with E-state index in [1.54, 1.807) is 0 Å². The fourth-order valence-corrected chi connectivity index (χ4v) is 2.21. The molecule has 0 heterocycles. The summed E-state index contributed by atoms with van der Waals surface area (Å²) in [5.74, 6) is 3.65. The molecule has 2 rings (SSSR count). The van der Waals surface area contributed by atoms with E-state index in [1.165, 1.54) is 6.92 Å². The van der Waals surface area contributed by atoms with Crippen molar-refractivity contribution in [3.63, 3.8) is 0 Å². The van der Waals surface area contributed by atoms with Gasteiger partial charge in [0.25, 0.3) is 0 Å². The first kappa shape index (κ1) is 15.7. The number of carbonyl (C=O) groups excluding carboxylic acids is 1. The summed E-state index contributed by atoms with van der Waals surface area (Å²) in [5, 5.41) is 0. The number of benzene rings is 2. The SMILES string of the molecule is C#CC(CC)(OC(C)=O)c1ccc(Oc2ccccc2)cc1. The highest BCUT2D eigenvalue weighted by molar-refractivity contribution is 5.67. The van der Waals surface area contributed by atoms with Crippen LogP contribution in [0.25, 0.3) is 0 Å². The molecular weight excluding hydrogens is 276 g/mol. The molecule has 2 aromatic carbocycles. The first-order valence-electron chi connectivity index (χ1n) is 7.10. The van der Waals surface area contributed by atoms with Crippen LogP contribution >= 0.6 is 0 Å². The zero-order valence-corrected chi connectivity index (χ0v) is 12.7. The maximum atomic E-state index is 11.3. The second kappa shape index (κ2) is 6.82. The summed E-state index contributed by atoms with van der Waals surface area (Å²) >= 11 is 0. The quantitative estimate of drug-likeness (QED) is 0.610. The van der Waals surface area contributed by atoms with Crippen LogP contribution in [-0.4, -0.2) is 5.97 Å². The van der Waals surface area contributed by atoms with Gasteiger partial charge in [0, 0.05) is 18.9 Å². The summed E-state index contributed by atoms with van der Waals surface area (Å²) in [4.78, 5) is 11.3. The number of carbonyl (C=O) groups is 1. The van der Waals surface area contributed by atoms with Gasteiger partial charge in [-0.2, -0.15) is 0 Å². The normalized spacial score (nSPS) is 12.8. The summed E-state index contributed by atoms with van der Waals surface area (Å²) in [5.41, 5.74) is -0.273. The fraction of sp³-hybridized carbons (Fsp3) is 0.211. The summed E-state index contributed by atoms with van der Waals surface area (Å²) < 4.78 is 11.1. The topological polar surface area (TPSA) is 35.5 Å². The second-order valence-electron chi connectivity index (χ2n) is 4.86. The Hall–Kier alpha value is -2.73. The van der Waals surface area contributed by atoms with Crippen molar-refractivity contribution in [3.05, 3.63) is 60.2 Å². The van der Waals surface area contributed by atoms with Crippen LogP contribution in [-0.2, 0) is 15.1 Å². The Kier molecular flexibility index (Phi) is 4.85. The largest absolute Gasteiger partial charge is 0.457 e. The Morgan fingerprint density at radius 1 is 1.09 bits per heavy atom. The molecule has 0 fully saturated rings. The molecule has 0 aromatic heterocycles. The van der Waals surface area contributed by atoms with E-state index in [4.69, 9.17) is 15.9 Å². The summed E-state index contributed by atoms with van der Waals surface area (Å²) in [6, 6.07) is 16.8. The van der Waals surface area contributed by atoms with Crippen LogP contribution in [0.3, 0.4) is 0 Å². The number of rotatable bonds is 5. The lowest BCUT2D eigenvalue weighted by molar-refractivity contribution is -0.152. The van der Waals surface area contributed by atoms with Gasteiger partial charge in [-0.05, 0) is 24.3 Å². The summed E-state index contributed by atoms with van der Waals surface area (Å²) in [6.45, 7) is 3.24. The van der Waals surface area contributed by atoms with Gasteiger partial charge in [-0.3, -0.25) is 4.79 Å². The summed E-state index contributed by atoms with van der Waals surface area (Å²) in [6.07, 6.45) is 6.10. The smallest absolute Gasteiger partial charge is 0.304 e. The highest BCUT2D eigenvalue weighted by Crippen LogP contribution is 2.31. The van der Waals surface area contributed by atoms with E-state index < -0.39 is 11.6 Å². The molecule has 1 unspecified atom stereocenters. The van der Waals surface area contributed by atoms with Gasteiger partial charge in [0.15, 0.2) is 5.60 Å². The van der Waals surface area contributed by atoms with Crippen molar-refractivity contribution < 1.29 is 14.3 Å². The van der Waals surface area contributed by atoms with Crippen LogP contribution in [0, 0.1) is 12.3 Å². The predicted molar refractivity (Wildman–Crippen MR) is 85.5 cm³/mol. The second-order valence-corrected chi connectivity index (χ2v) is 4.86. The number of hydrogen-bond donors (Lipinski definition) is 0. The van der Waals surface area contributed by atoms with Crippen LogP contribution in [0.5, 0.6) is 11.5 Å². The van der Waals surface area contributed by atoms with Gasteiger partial charge in [-0.25, -0.2) is 0 Å². The van der Waals surface area contributed by atoms with Gasteiger partial charge < -0.3 is 9.47 Å². The monoisotopic (exact) mass is 294 g/mol. The van der Waals surface area contributed by atoms with E-state index in [-0.39, 0.29) is 0 Å². The third-order valence-electron chi connectivity index (χ3n) is 3.35. The number of hydrogen-bond acceptors (Lipinski definition) is 3. The van der Waals surface area contributed by atoms with Crippen molar-refractivity contribution >= 4 is 5.97 Å². The molecule has 0 aliphatic carbocycles. The minimum atomic E-state index is -1.03. The Labute approximate surface area is 130 Å². The minimum absolute atomic E-state index is 0.399. The van der Waals surface area contributed by atoms with Gasteiger partial charge in [-0.1, -0.05) is 43.2 Å². The fourth-order valence-electron chi connectivity index (χ4n) is 2.21. The molecule has 3 heteroatoms. The van der Waals surface area contributed by atoms with Crippen molar-refractivity contribution in [2.75, 3.05) is 0 Å². The van der Waals surface area contributed by atoms with Crippen LogP contribution in [0.2, 0.25) is 0 Å². The average molecular weight is 294 g/mol. The van der Waals surface area contributed by atoms with E-state index in [0.29, 0.717) is 12.2 Å². The standard InChI is InChI=1S/C19H18O3/c1-4-19(5-2,22-15(3)20)16-11-13-18(14-12-16)21-17-9-7-6-8-10-17/h1,6-14H,5H2,2-3H3. The Balaban J connectivity index is 2.23. The highest BCUT2D eigenvalue weighted by Gasteiger charge is 2.31. The van der Waals surface area contributed by atoms with Crippen molar-refractivity contribution in [3.8, 4) is 23.8 Å². The van der Waals surface area contributed by atoms with Gasteiger partial charge >= 0.3 is 5.97 Å². The minimum Gasteiger partial charge on any atom is -0.457 e. The molecule has 2 aromatic rings. The molecule has 0 spiro atoms. The summed E-state index contributed by atoms with van der Waals surface area (Å²) in [7, 11) is 0. The Morgan fingerprint density at radius 2 is 1.68 bits per heavy atom. The van der Waals surface area contributed by atoms with Crippen LogP contribution in [0.1, 0.15) is 25.8 Å². The first-order chi connectivity index (χ1) is 10.6. The molecular formula is C19H18O3. The van der Waals surface area contributed by atoms with Crippen LogP contribution in [0.15, 0.2) is 54.6 Å². The van der Waals surface area contributed by atoms with E-state index in [2.05, 4.69) is 5.92 Å². The van der Waals surface area contributed by atoms with Crippen molar-refractivity contribution in [2.24, 2.45) is 0 Å².